The first-order valence-corrected chi connectivity index (χ1v) is 4.96. The Morgan fingerprint density at radius 1 is 1.58 bits per heavy atom. The minimum atomic E-state index is 0.538. The molecule has 3 heteroatoms. The molecule has 0 amide bonds. The molecule has 0 radical (unpaired) electrons. The highest BCUT2D eigenvalue weighted by atomic mass is 35.5. The molecule has 62 valence electrons. The van der Waals surface area contributed by atoms with E-state index in [1.807, 2.05) is 18.2 Å². The predicted molar refractivity (Wildman–Crippen MR) is 52.6 cm³/mol. The largest absolute Gasteiger partial charge is 0.192 e. The van der Waals surface area contributed by atoms with Crippen molar-refractivity contribution in [3.05, 3.63) is 28.8 Å². The van der Waals surface area contributed by atoms with Crippen molar-refractivity contribution in [1.29, 1.82) is 5.26 Å². The summed E-state index contributed by atoms with van der Waals surface area (Å²) in [4.78, 5) is 1.11. The molecule has 0 unspecified atom stereocenters. The number of benzene rings is 1. The van der Waals surface area contributed by atoms with E-state index in [2.05, 4.69) is 6.92 Å². The molecule has 0 N–H and O–H groups in total. The van der Waals surface area contributed by atoms with Crippen LogP contribution in [0, 0.1) is 11.3 Å². The normalized spacial score (nSPS) is 9.42. The lowest BCUT2D eigenvalue weighted by atomic mass is 10.2. The van der Waals surface area contributed by atoms with Crippen molar-refractivity contribution in [2.24, 2.45) is 0 Å². The first-order valence-electron chi connectivity index (χ1n) is 3.60. The number of nitriles is 1. The number of rotatable bonds is 2. The zero-order valence-corrected chi connectivity index (χ0v) is 8.25. The van der Waals surface area contributed by atoms with Crippen LogP contribution in [0.3, 0.4) is 0 Å². The minimum Gasteiger partial charge on any atom is -0.192 e. The van der Waals surface area contributed by atoms with Crippen LogP contribution in [0.2, 0.25) is 5.02 Å². The van der Waals surface area contributed by atoms with Gasteiger partial charge in [0.15, 0.2) is 0 Å². The van der Waals surface area contributed by atoms with E-state index >= 15 is 0 Å². The molecule has 0 heterocycles. The molecule has 0 aromatic heterocycles. The maximum absolute atomic E-state index is 8.60. The van der Waals surface area contributed by atoms with Gasteiger partial charge in [-0.1, -0.05) is 18.5 Å². The molecular weight excluding hydrogens is 190 g/mol. The van der Waals surface area contributed by atoms with Gasteiger partial charge in [0.2, 0.25) is 0 Å². The lowest BCUT2D eigenvalue weighted by molar-refractivity contribution is 1.40. The molecule has 0 aliphatic carbocycles. The summed E-state index contributed by atoms with van der Waals surface area (Å²) in [6.07, 6.45) is 0. The smallest absolute Gasteiger partial charge is 0.101 e. The van der Waals surface area contributed by atoms with Crippen LogP contribution in [0.1, 0.15) is 12.5 Å². The second-order valence-corrected chi connectivity index (χ2v) is 3.93. The van der Waals surface area contributed by atoms with Gasteiger partial charge in [-0.15, -0.1) is 11.8 Å². The SMILES string of the molecule is CCSc1ccc(C#N)c(Cl)c1. The molecular formula is C9H8ClNS. The van der Waals surface area contributed by atoms with Gasteiger partial charge in [-0.05, 0) is 24.0 Å². The minimum absolute atomic E-state index is 0.538. The van der Waals surface area contributed by atoms with Crippen LogP contribution < -0.4 is 0 Å². The number of nitrogens with zero attached hydrogens (tertiary/aromatic N) is 1. The first kappa shape index (κ1) is 9.44. The van der Waals surface area contributed by atoms with Gasteiger partial charge in [-0.3, -0.25) is 0 Å². The molecule has 1 aromatic rings. The van der Waals surface area contributed by atoms with Crippen molar-refractivity contribution in [3.63, 3.8) is 0 Å². The van der Waals surface area contributed by atoms with E-state index < -0.39 is 0 Å². The maximum atomic E-state index is 8.60. The van der Waals surface area contributed by atoms with Crippen molar-refractivity contribution >= 4 is 23.4 Å². The Labute approximate surface area is 81.3 Å². The Kier molecular flexibility index (Phi) is 3.46. The monoisotopic (exact) mass is 197 g/mol. The van der Waals surface area contributed by atoms with Crippen LogP contribution in [0.15, 0.2) is 23.1 Å². The predicted octanol–water partition coefficient (Wildman–Crippen LogP) is 3.32. The van der Waals surface area contributed by atoms with Gasteiger partial charge in [-0.25, -0.2) is 0 Å². The molecule has 1 rings (SSSR count). The fourth-order valence-corrected chi connectivity index (χ4v) is 1.83. The first-order chi connectivity index (χ1) is 5.77. The summed E-state index contributed by atoms with van der Waals surface area (Å²) in [5, 5.41) is 9.14. The summed E-state index contributed by atoms with van der Waals surface area (Å²) in [6, 6.07) is 7.52. The summed E-state index contributed by atoms with van der Waals surface area (Å²) >= 11 is 7.54. The average molecular weight is 198 g/mol. The van der Waals surface area contributed by atoms with E-state index in [4.69, 9.17) is 16.9 Å². The van der Waals surface area contributed by atoms with Gasteiger partial charge in [0.25, 0.3) is 0 Å². The van der Waals surface area contributed by atoms with Gasteiger partial charge in [0.05, 0.1) is 10.6 Å². The van der Waals surface area contributed by atoms with Crippen LogP contribution in [0.4, 0.5) is 0 Å². The van der Waals surface area contributed by atoms with Crippen molar-refractivity contribution in [3.8, 4) is 6.07 Å². The number of hydrogen-bond donors (Lipinski definition) is 0. The third-order valence-corrected chi connectivity index (χ3v) is 2.56. The Morgan fingerprint density at radius 2 is 2.33 bits per heavy atom. The zero-order chi connectivity index (χ0) is 8.97. The van der Waals surface area contributed by atoms with E-state index in [-0.39, 0.29) is 0 Å². The fraction of sp³-hybridized carbons (Fsp3) is 0.222. The molecule has 0 aliphatic rings. The van der Waals surface area contributed by atoms with E-state index in [1.54, 1.807) is 17.8 Å². The highest BCUT2D eigenvalue weighted by Crippen LogP contribution is 2.23. The standard InChI is InChI=1S/C9H8ClNS/c1-2-12-8-4-3-7(6-11)9(10)5-8/h3-5H,2H2,1H3. The lowest BCUT2D eigenvalue weighted by Gasteiger charge is -1.99. The van der Waals surface area contributed by atoms with Crippen LogP contribution in [-0.2, 0) is 0 Å². The van der Waals surface area contributed by atoms with Crippen molar-refractivity contribution < 1.29 is 0 Å². The van der Waals surface area contributed by atoms with Crippen molar-refractivity contribution in [2.45, 2.75) is 11.8 Å². The molecule has 1 nitrogen and oxygen atoms in total. The second-order valence-electron chi connectivity index (χ2n) is 2.19. The van der Waals surface area contributed by atoms with E-state index in [1.165, 1.54) is 0 Å². The highest BCUT2D eigenvalue weighted by Gasteiger charge is 1.99. The van der Waals surface area contributed by atoms with Crippen LogP contribution in [0.25, 0.3) is 0 Å². The molecule has 0 saturated carbocycles. The van der Waals surface area contributed by atoms with Crippen molar-refractivity contribution in [2.75, 3.05) is 5.75 Å². The summed E-state index contributed by atoms with van der Waals surface area (Å²) in [5.74, 6) is 1.02. The number of hydrogen-bond acceptors (Lipinski definition) is 2. The molecule has 0 atom stereocenters. The molecule has 0 saturated heterocycles. The summed E-state index contributed by atoms with van der Waals surface area (Å²) in [5.41, 5.74) is 0.539. The second kappa shape index (κ2) is 4.39. The number of thioether (sulfide) groups is 1. The summed E-state index contributed by atoms with van der Waals surface area (Å²) < 4.78 is 0. The summed E-state index contributed by atoms with van der Waals surface area (Å²) in [6.45, 7) is 2.08. The quantitative estimate of drug-likeness (QED) is 0.680. The van der Waals surface area contributed by atoms with E-state index in [9.17, 15) is 0 Å². The fourth-order valence-electron chi connectivity index (χ4n) is 0.843. The van der Waals surface area contributed by atoms with Crippen LogP contribution >= 0.6 is 23.4 Å². The third-order valence-electron chi connectivity index (χ3n) is 1.37. The highest BCUT2D eigenvalue weighted by molar-refractivity contribution is 7.99. The van der Waals surface area contributed by atoms with Gasteiger partial charge in [0, 0.05) is 4.90 Å². The molecule has 1 aromatic carbocycles. The van der Waals surface area contributed by atoms with Gasteiger partial charge >= 0.3 is 0 Å². The third kappa shape index (κ3) is 2.17. The van der Waals surface area contributed by atoms with Gasteiger partial charge in [-0.2, -0.15) is 5.26 Å². The Morgan fingerprint density at radius 3 is 2.83 bits per heavy atom. The Bertz CT molecular complexity index is 317. The summed E-state index contributed by atoms with van der Waals surface area (Å²) in [7, 11) is 0. The van der Waals surface area contributed by atoms with E-state index in [0.29, 0.717) is 10.6 Å². The zero-order valence-electron chi connectivity index (χ0n) is 6.67. The topological polar surface area (TPSA) is 23.8 Å². The molecule has 0 bridgehead atoms. The Balaban J connectivity index is 2.96. The molecule has 12 heavy (non-hydrogen) atoms. The lowest BCUT2D eigenvalue weighted by Crippen LogP contribution is -1.78. The number of halogens is 1. The van der Waals surface area contributed by atoms with E-state index in [0.717, 1.165) is 10.6 Å². The molecule has 0 fully saturated rings. The average Bonchev–Trinajstić information content (AvgIpc) is 2.05. The molecule has 0 spiro atoms. The van der Waals surface area contributed by atoms with Gasteiger partial charge in [0.1, 0.15) is 6.07 Å². The van der Waals surface area contributed by atoms with Gasteiger partial charge < -0.3 is 0 Å². The van der Waals surface area contributed by atoms with Crippen molar-refractivity contribution in [1.82, 2.24) is 0 Å². The Hall–Kier alpha value is -0.650. The van der Waals surface area contributed by atoms with Crippen LogP contribution in [0.5, 0.6) is 0 Å². The maximum Gasteiger partial charge on any atom is 0.101 e. The van der Waals surface area contributed by atoms with Crippen LogP contribution in [-0.4, -0.2) is 5.75 Å². The molecule has 0 aliphatic heterocycles.